The van der Waals surface area contributed by atoms with Crippen molar-refractivity contribution in [2.45, 2.75) is 13.5 Å². The van der Waals surface area contributed by atoms with Crippen LogP contribution in [0.2, 0.25) is 0 Å². The van der Waals surface area contributed by atoms with Gasteiger partial charge in [-0.15, -0.1) is 0 Å². The van der Waals surface area contributed by atoms with E-state index in [9.17, 15) is 4.79 Å². The number of amides is 1. The van der Waals surface area contributed by atoms with Crippen LogP contribution in [0.25, 0.3) is 0 Å². The molecular weight excluding hydrogens is 266 g/mol. The number of likely N-dealkylation sites (N-methyl/N-ethyl adjacent to an activating group) is 1. The van der Waals surface area contributed by atoms with Crippen LogP contribution in [0.4, 0.5) is 11.4 Å². The number of nitrogens with one attached hydrogen (secondary N) is 1. The highest BCUT2D eigenvalue weighted by Crippen LogP contribution is 2.19. The quantitative estimate of drug-likeness (QED) is 0.815. The van der Waals surface area contributed by atoms with Gasteiger partial charge in [-0.3, -0.25) is 14.4 Å². The highest BCUT2D eigenvalue weighted by atomic mass is 16.2. The first-order valence-corrected chi connectivity index (χ1v) is 6.76. The molecule has 0 aliphatic heterocycles. The zero-order chi connectivity index (χ0) is 15.4. The third-order valence-corrected chi connectivity index (χ3v) is 3.11. The largest absolute Gasteiger partial charge is 0.397 e. The van der Waals surface area contributed by atoms with Gasteiger partial charge < -0.3 is 11.1 Å². The Morgan fingerprint density at radius 1 is 1.48 bits per heavy atom. The van der Waals surface area contributed by atoms with Crippen molar-refractivity contribution in [1.29, 1.82) is 0 Å². The molecule has 0 atom stereocenters. The molecule has 6 heteroatoms. The maximum atomic E-state index is 12.0. The maximum Gasteiger partial charge on any atom is 0.238 e. The molecule has 3 N–H and O–H groups in total. The van der Waals surface area contributed by atoms with E-state index in [1.54, 1.807) is 10.9 Å². The normalized spacial score (nSPS) is 10.9. The van der Waals surface area contributed by atoms with Gasteiger partial charge in [0, 0.05) is 25.4 Å². The smallest absolute Gasteiger partial charge is 0.238 e. The van der Waals surface area contributed by atoms with Crippen molar-refractivity contribution >= 4 is 17.3 Å². The van der Waals surface area contributed by atoms with Gasteiger partial charge in [0.1, 0.15) is 0 Å². The van der Waals surface area contributed by atoms with Crippen LogP contribution in [0, 0.1) is 6.92 Å². The second-order valence-corrected chi connectivity index (χ2v) is 5.33. The number of aryl methyl sites for hydroxylation is 2. The van der Waals surface area contributed by atoms with Crippen molar-refractivity contribution in [3.8, 4) is 0 Å². The van der Waals surface area contributed by atoms with E-state index in [1.165, 1.54) is 0 Å². The van der Waals surface area contributed by atoms with E-state index in [-0.39, 0.29) is 5.91 Å². The van der Waals surface area contributed by atoms with Crippen LogP contribution in [0.3, 0.4) is 0 Å². The summed E-state index contributed by atoms with van der Waals surface area (Å²) in [7, 11) is 3.77. The van der Waals surface area contributed by atoms with Gasteiger partial charge in [0.15, 0.2) is 0 Å². The van der Waals surface area contributed by atoms with E-state index < -0.39 is 0 Å². The molecule has 2 rings (SSSR count). The van der Waals surface area contributed by atoms with E-state index in [1.807, 2.05) is 50.3 Å². The molecule has 0 radical (unpaired) electrons. The summed E-state index contributed by atoms with van der Waals surface area (Å²) < 4.78 is 1.75. The van der Waals surface area contributed by atoms with Gasteiger partial charge in [-0.1, -0.05) is 6.07 Å². The van der Waals surface area contributed by atoms with Gasteiger partial charge in [0.05, 0.1) is 24.1 Å². The molecule has 2 aromatic rings. The maximum absolute atomic E-state index is 12.0. The van der Waals surface area contributed by atoms with Crippen LogP contribution in [0.15, 0.2) is 30.6 Å². The summed E-state index contributed by atoms with van der Waals surface area (Å²) in [4.78, 5) is 14.0. The lowest BCUT2D eigenvalue weighted by atomic mass is 10.2. The molecule has 0 saturated carbocycles. The number of nitrogens with zero attached hydrogens (tertiary/aromatic N) is 3. The molecule has 1 amide bonds. The SMILES string of the molecule is Cc1ccc(NC(=O)CN(C)Cc2cnn(C)c2)c(N)c1. The van der Waals surface area contributed by atoms with Gasteiger partial charge in [0.2, 0.25) is 5.91 Å². The summed E-state index contributed by atoms with van der Waals surface area (Å²) in [5, 5.41) is 6.94. The number of benzene rings is 1. The van der Waals surface area contributed by atoms with Gasteiger partial charge in [0.25, 0.3) is 0 Å². The lowest BCUT2D eigenvalue weighted by Crippen LogP contribution is -2.30. The van der Waals surface area contributed by atoms with E-state index in [0.29, 0.717) is 24.5 Å². The molecule has 0 aliphatic carbocycles. The Hall–Kier alpha value is -2.34. The van der Waals surface area contributed by atoms with Gasteiger partial charge in [-0.25, -0.2) is 0 Å². The summed E-state index contributed by atoms with van der Waals surface area (Å²) in [6.07, 6.45) is 3.73. The Labute approximate surface area is 124 Å². The van der Waals surface area contributed by atoms with Crippen molar-refractivity contribution in [3.05, 3.63) is 41.7 Å². The minimum absolute atomic E-state index is 0.0862. The second kappa shape index (κ2) is 6.41. The number of nitrogen functional groups attached to an aromatic ring is 1. The van der Waals surface area contributed by atoms with E-state index in [0.717, 1.165) is 11.1 Å². The molecule has 1 heterocycles. The fourth-order valence-corrected chi connectivity index (χ4v) is 2.15. The number of aromatic nitrogens is 2. The Morgan fingerprint density at radius 3 is 2.86 bits per heavy atom. The van der Waals surface area contributed by atoms with Crippen molar-refractivity contribution < 1.29 is 4.79 Å². The van der Waals surface area contributed by atoms with E-state index in [2.05, 4.69) is 10.4 Å². The average molecular weight is 287 g/mol. The molecule has 0 bridgehead atoms. The molecule has 0 saturated heterocycles. The number of hydrogen-bond donors (Lipinski definition) is 2. The minimum atomic E-state index is -0.0862. The third-order valence-electron chi connectivity index (χ3n) is 3.11. The van der Waals surface area contributed by atoms with Crippen LogP contribution < -0.4 is 11.1 Å². The summed E-state index contributed by atoms with van der Waals surface area (Å²) in [6, 6.07) is 5.59. The molecule has 0 unspecified atom stereocenters. The average Bonchev–Trinajstić information content (AvgIpc) is 2.78. The number of carbonyl (C=O) groups excluding carboxylic acids is 1. The molecular formula is C15H21N5O. The first-order chi connectivity index (χ1) is 9.94. The first kappa shape index (κ1) is 15.1. The molecule has 0 aliphatic rings. The van der Waals surface area contributed by atoms with Crippen LogP contribution >= 0.6 is 0 Å². The Balaban J connectivity index is 1.89. The number of hydrogen-bond acceptors (Lipinski definition) is 4. The van der Waals surface area contributed by atoms with Gasteiger partial charge in [-0.2, -0.15) is 5.10 Å². The van der Waals surface area contributed by atoms with Gasteiger partial charge >= 0.3 is 0 Å². The summed E-state index contributed by atoms with van der Waals surface area (Å²) in [5.41, 5.74) is 9.26. The van der Waals surface area contributed by atoms with Gasteiger partial charge in [-0.05, 0) is 31.7 Å². The molecule has 0 spiro atoms. The van der Waals surface area contributed by atoms with Crippen molar-refractivity contribution in [1.82, 2.24) is 14.7 Å². The zero-order valence-corrected chi connectivity index (χ0v) is 12.6. The molecule has 1 aromatic heterocycles. The van der Waals surface area contributed by atoms with Crippen LogP contribution in [0.1, 0.15) is 11.1 Å². The predicted octanol–water partition coefficient (Wildman–Crippen LogP) is 1.38. The van der Waals surface area contributed by atoms with Crippen molar-refractivity contribution in [3.63, 3.8) is 0 Å². The number of rotatable bonds is 5. The topological polar surface area (TPSA) is 76.2 Å². The van der Waals surface area contributed by atoms with Crippen molar-refractivity contribution in [2.24, 2.45) is 7.05 Å². The van der Waals surface area contributed by atoms with Crippen LogP contribution in [0.5, 0.6) is 0 Å². The summed E-state index contributed by atoms with van der Waals surface area (Å²) in [6.45, 7) is 2.93. The van der Waals surface area contributed by atoms with Crippen LogP contribution in [-0.2, 0) is 18.4 Å². The lowest BCUT2D eigenvalue weighted by Gasteiger charge is -2.16. The molecule has 1 aromatic carbocycles. The molecule has 0 fully saturated rings. The summed E-state index contributed by atoms with van der Waals surface area (Å²) in [5.74, 6) is -0.0862. The monoisotopic (exact) mass is 287 g/mol. The van der Waals surface area contributed by atoms with Crippen LogP contribution in [-0.4, -0.2) is 34.2 Å². The fraction of sp³-hybridized carbons (Fsp3) is 0.333. The zero-order valence-electron chi connectivity index (χ0n) is 12.6. The van der Waals surface area contributed by atoms with Crippen molar-refractivity contribution in [2.75, 3.05) is 24.6 Å². The van der Waals surface area contributed by atoms with E-state index >= 15 is 0 Å². The minimum Gasteiger partial charge on any atom is -0.397 e. The highest BCUT2D eigenvalue weighted by Gasteiger charge is 2.10. The molecule has 21 heavy (non-hydrogen) atoms. The molecule has 112 valence electrons. The third kappa shape index (κ3) is 4.32. The first-order valence-electron chi connectivity index (χ1n) is 6.76. The molecule has 6 nitrogen and oxygen atoms in total. The summed E-state index contributed by atoms with van der Waals surface area (Å²) >= 11 is 0. The second-order valence-electron chi connectivity index (χ2n) is 5.33. The Kier molecular flexibility index (Phi) is 4.59. The lowest BCUT2D eigenvalue weighted by molar-refractivity contribution is -0.117. The number of anilines is 2. The highest BCUT2D eigenvalue weighted by molar-refractivity contribution is 5.95. The van der Waals surface area contributed by atoms with E-state index in [4.69, 9.17) is 5.73 Å². The Morgan fingerprint density at radius 2 is 2.24 bits per heavy atom. The number of carbonyl (C=O) groups is 1. The Bertz CT molecular complexity index is 635. The predicted molar refractivity (Wildman–Crippen MR) is 83.8 cm³/mol. The standard InChI is InChI=1S/C15H21N5O/c1-11-4-5-14(13(16)6-11)18-15(21)10-19(2)8-12-7-17-20(3)9-12/h4-7,9H,8,10,16H2,1-3H3,(H,18,21). The number of nitrogens with two attached hydrogens (primary N) is 1. The fourth-order valence-electron chi connectivity index (χ4n) is 2.15.